The Bertz CT molecular complexity index is 1040. The molecule has 0 aliphatic rings. The summed E-state index contributed by atoms with van der Waals surface area (Å²) in [5.74, 6) is 1.59. The third kappa shape index (κ3) is 4.06. The first-order chi connectivity index (χ1) is 13.7. The molecule has 0 bridgehead atoms. The number of carbonyl (C=O) groups excluding carboxylic acids is 1. The lowest BCUT2D eigenvalue weighted by atomic mass is 10.1. The van der Waals surface area contributed by atoms with E-state index in [1.165, 1.54) is 0 Å². The number of benzene rings is 2. The molecule has 0 spiro atoms. The molecule has 6 nitrogen and oxygen atoms in total. The van der Waals surface area contributed by atoms with Crippen molar-refractivity contribution in [2.75, 3.05) is 7.11 Å². The molecule has 0 aliphatic heterocycles. The first-order valence-corrected chi connectivity index (χ1v) is 8.94. The van der Waals surface area contributed by atoms with Crippen molar-refractivity contribution in [2.24, 2.45) is 0 Å². The molecule has 6 heteroatoms. The van der Waals surface area contributed by atoms with Crippen LogP contribution in [0.5, 0.6) is 5.75 Å². The standard InChI is InChI=1S/C22H19NO5/c1-25-18-9-6-15(7-10-18)8-11-22(24)26-14-17-13-21(28-23-17)20-12-16-4-2-3-5-19(16)27-20/h2-7,9-10,12-13H,8,11,14H2,1H3. The van der Waals surface area contributed by atoms with Gasteiger partial charge in [0.1, 0.15) is 23.6 Å². The first-order valence-electron chi connectivity index (χ1n) is 8.94. The summed E-state index contributed by atoms with van der Waals surface area (Å²) in [5.41, 5.74) is 2.36. The van der Waals surface area contributed by atoms with E-state index in [-0.39, 0.29) is 12.6 Å². The van der Waals surface area contributed by atoms with Gasteiger partial charge >= 0.3 is 5.97 Å². The topological polar surface area (TPSA) is 74.7 Å². The second kappa shape index (κ2) is 8.00. The lowest BCUT2D eigenvalue weighted by molar-refractivity contribution is -0.145. The Labute approximate surface area is 161 Å². The normalized spacial score (nSPS) is 10.9. The van der Waals surface area contributed by atoms with Crippen LogP contribution in [-0.2, 0) is 22.6 Å². The Morgan fingerprint density at radius 1 is 1.04 bits per heavy atom. The van der Waals surface area contributed by atoms with E-state index in [0.29, 0.717) is 30.1 Å². The van der Waals surface area contributed by atoms with E-state index in [0.717, 1.165) is 22.3 Å². The van der Waals surface area contributed by atoms with Crippen molar-refractivity contribution in [2.45, 2.75) is 19.4 Å². The number of rotatable bonds is 7. The van der Waals surface area contributed by atoms with E-state index < -0.39 is 0 Å². The average Bonchev–Trinajstić information content (AvgIpc) is 3.37. The zero-order chi connectivity index (χ0) is 19.3. The molecule has 28 heavy (non-hydrogen) atoms. The summed E-state index contributed by atoms with van der Waals surface area (Å²) >= 11 is 0. The van der Waals surface area contributed by atoms with Crippen molar-refractivity contribution in [1.82, 2.24) is 5.16 Å². The highest BCUT2D eigenvalue weighted by Crippen LogP contribution is 2.28. The monoisotopic (exact) mass is 377 g/mol. The number of carbonyl (C=O) groups is 1. The van der Waals surface area contributed by atoms with Gasteiger partial charge < -0.3 is 18.4 Å². The van der Waals surface area contributed by atoms with Crippen molar-refractivity contribution in [3.05, 3.63) is 71.9 Å². The molecule has 0 aliphatic carbocycles. The summed E-state index contributed by atoms with van der Waals surface area (Å²) < 4.78 is 21.5. The van der Waals surface area contributed by atoms with Gasteiger partial charge in [0, 0.05) is 17.9 Å². The maximum atomic E-state index is 12.0. The minimum absolute atomic E-state index is 0.0607. The van der Waals surface area contributed by atoms with Crippen LogP contribution >= 0.6 is 0 Å². The summed E-state index contributed by atoms with van der Waals surface area (Å²) in [6, 6.07) is 18.9. The Hall–Kier alpha value is -3.54. The average molecular weight is 377 g/mol. The van der Waals surface area contributed by atoms with E-state index in [2.05, 4.69) is 5.16 Å². The second-order valence-electron chi connectivity index (χ2n) is 6.34. The van der Waals surface area contributed by atoms with E-state index in [1.807, 2.05) is 54.6 Å². The van der Waals surface area contributed by atoms with Crippen LogP contribution in [0.3, 0.4) is 0 Å². The molecule has 0 atom stereocenters. The fourth-order valence-electron chi connectivity index (χ4n) is 2.86. The zero-order valence-corrected chi connectivity index (χ0v) is 15.4. The lowest BCUT2D eigenvalue weighted by Crippen LogP contribution is -2.06. The minimum atomic E-state index is -0.288. The number of fused-ring (bicyclic) bond motifs is 1. The largest absolute Gasteiger partial charge is 0.497 e. The number of aromatic nitrogens is 1. The van der Waals surface area contributed by atoms with Gasteiger partial charge in [-0.05, 0) is 36.2 Å². The molecular formula is C22H19NO5. The van der Waals surface area contributed by atoms with Gasteiger partial charge in [0.2, 0.25) is 5.76 Å². The maximum Gasteiger partial charge on any atom is 0.306 e. The summed E-state index contributed by atoms with van der Waals surface area (Å²) in [7, 11) is 1.62. The molecular weight excluding hydrogens is 358 g/mol. The van der Waals surface area contributed by atoms with Gasteiger partial charge in [-0.25, -0.2) is 0 Å². The molecule has 0 radical (unpaired) electrons. The maximum absolute atomic E-state index is 12.0. The van der Waals surface area contributed by atoms with Crippen molar-refractivity contribution in [1.29, 1.82) is 0 Å². The van der Waals surface area contributed by atoms with Crippen LogP contribution in [0.25, 0.3) is 22.5 Å². The quantitative estimate of drug-likeness (QED) is 0.432. The van der Waals surface area contributed by atoms with E-state index >= 15 is 0 Å². The lowest BCUT2D eigenvalue weighted by Gasteiger charge is -2.04. The molecule has 4 aromatic rings. The SMILES string of the molecule is COc1ccc(CCC(=O)OCc2cc(-c3cc4ccccc4o3)on2)cc1. The second-order valence-corrected chi connectivity index (χ2v) is 6.34. The van der Waals surface area contributed by atoms with Gasteiger partial charge in [0.15, 0.2) is 5.76 Å². The third-order valence-electron chi connectivity index (χ3n) is 4.39. The fourth-order valence-corrected chi connectivity index (χ4v) is 2.86. The van der Waals surface area contributed by atoms with Crippen molar-refractivity contribution >= 4 is 16.9 Å². The van der Waals surface area contributed by atoms with Crippen molar-refractivity contribution < 1.29 is 23.2 Å². The van der Waals surface area contributed by atoms with Gasteiger partial charge in [-0.1, -0.05) is 35.5 Å². The molecule has 0 N–H and O–H groups in total. The summed E-state index contributed by atoms with van der Waals surface area (Å²) in [4.78, 5) is 12.0. The van der Waals surface area contributed by atoms with Crippen LogP contribution in [0.1, 0.15) is 17.7 Å². The molecule has 0 saturated carbocycles. The van der Waals surface area contributed by atoms with E-state index in [4.69, 9.17) is 18.4 Å². The third-order valence-corrected chi connectivity index (χ3v) is 4.39. The van der Waals surface area contributed by atoms with Crippen LogP contribution in [0.4, 0.5) is 0 Å². The molecule has 0 unspecified atom stereocenters. The summed E-state index contributed by atoms with van der Waals surface area (Å²) in [6.07, 6.45) is 0.895. The molecule has 2 aromatic carbocycles. The molecule has 142 valence electrons. The zero-order valence-electron chi connectivity index (χ0n) is 15.4. The number of aryl methyl sites for hydroxylation is 1. The molecule has 2 aromatic heterocycles. The number of nitrogens with zero attached hydrogens (tertiary/aromatic N) is 1. The number of ether oxygens (including phenoxy) is 2. The van der Waals surface area contributed by atoms with Crippen LogP contribution in [0, 0.1) is 0 Å². The Balaban J connectivity index is 1.30. The number of esters is 1. The molecule has 4 rings (SSSR count). The van der Waals surface area contributed by atoms with Crippen molar-refractivity contribution in [3.63, 3.8) is 0 Å². The minimum Gasteiger partial charge on any atom is -0.497 e. The van der Waals surface area contributed by atoms with Gasteiger partial charge in [-0.2, -0.15) is 0 Å². The highest BCUT2D eigenvalue weighted by atomic mass is 16.5. The highest BCUT2D eigenvalue weighted by molar-refractivity contribution is 5.81. The molecule has 0 amide bonds. The Kier molecular flexibility index (Phi) is 5.10. The summed E-state index contributed by atoms with van der Waals surface area (Å²) in [6.45, 7) is 0.0607. The van der Waals surface area contributed by atoms with Gasteiger partial charge in [0.05, 0.1) is 7.11 Å². The van der Waals surface area contributed by atoms with Crippen molar-refractivity contribution in [3.8, 4) is 17.3 Å². The van der Waals surface area contributed by atoms with Gasteiger partial charge in [0.25, 0.3) is 0 Å². The number of hydrogen-bond donors (Lipinski definition) is 0. The van der Waals surface area contributed by atoms with E-state index in [9.17, 15) is 4.79 Å². The smallest absolute Gasteiger partial charge is 0.306 e. The van der Waals surface area contributed by atoms with Crippen LogP contribution in [0.2, 0.25) is 0 Å². The predicted molar refractivity (Wildman–Crippen MR) is 103 cm³/mol. The predicted octanol–water partition coefficient (Wildman–Crippen LogP) is 4.77. The Morgan fingerprint density at radius 3 is 2.64 bits per heavy atom. The number of para-hydroxylation sites is 1. The number of methoxy groups -OCH3 is 1. The molecule has 2 heterocycles. The fraction of sp³-hybridized carbons (Fsp3) is 0.182. The summed E-state index contributed by atoms with van der Waals surface area (Å²) in [5, 5.41) is 4.93. The van der Waals surface area contributed by atoms with Gasteiger partial charge in [-0.15, -0.1) is 0 Å². The molecule has 0 saturated heterocycles. The first kappa shape index (κ1) is 17.9. The number of furan rings is 1. The van der Waals surface area contributed by atoms with E-state index in [1.54, 1.807) is 13.2 Å². The van der Waals surface area contributed by atoms with Gasteiger partial charge in [-0.3, -0.25) is 4.79 Å². The van der Waals surface area contributed by atoms with Crippen LogP contribution in [0.15, 0.2) is 69.6 Å². The number of hydrogen-bond acceptors (Lipinski definition) is 6. The van der Waals surface area contributed by atoms with Crippen LogP contribution in [-0.4, -0.2) is 18.2 Å². The highest BCUT2D eigenvalue weighted by Gasteiger charge is 2.13. The Morgan fingerprint density at radius 2 is 1.86 bits per heavy atom. The molecule has 0 fully saturated rings. The van der Waals surface area contributed by atoms with Crippen LogP contribution < -0.4 is 4.74 Å².